The molecule has 0 bridgehead atoms. The normalized spacial score (nSPS) is 11.7. The van der Waals surface area contributed by atoms with Crippen LogP contribution >= 0.6 is 23.2 Å². The molecular formula is C21H23Cl2NO3. The number of benzene rings is 2. The molecule has 27 heavy (non-hydrogen) atoms. The molecule has 2 rings (SSSR count). The van der Waals surface area contributed by atoms with Crippen molar-refractivity contribution in [2.75, 3.05) is 13.1 Å². The van der Waals surface area contributed by atoms with E-state index in [1.54, 1.807) is 35.2 Å². The molecule has 0 spiro atoms. The molecule has 1 unspecified atom stereocenters. The molecule has 0 aliphatic rings. The predicted molar refractivity (Wildman–Crippen MR) is 109 cm³/mol. The van der Waals surface area contributed by atoms with Gasteiger partial charge >= 0.3 is 5.97 Å². The second-order valence-corrected chi connectivity index (χ2v) is 7.05. The van der Waals surface area contributed by atoms with Gasteiger partial charge in [-0.2, -0.15) is 0 Å². The zero-order chi connectivity index (χ0) is 20.0. The molecular weight excluding hydrogens is 385 g/mol. The molecule has 0 N–H and O–H groups in total. The Balaban J connectivity index is 2.15. The predicted octanol–water partition coefficient (Wildman–Crippen LogP) is 5.57. The Labute approximate surface area is 170 Å². The van der Waals surface area contributed by atoms with Crippen molar-refractivity contribution in [1.82, 2.24) is 4.90 Å². The molecule has 0 aliphatic carbocycles. The molecule has 2 aromatic carbocycles. The third kappa shape index (κ3) is 5.72. The van der Waals surface area contributed by atoms with Crippen molar-refractivity contribution in [3.05, 3.63) is 63.6 Å². The summed E-state index contributed by atoms with van der Waals surface area (Å²) in [6.45, 7) is 6.54. The van der Waals surface area contributed by atoms with E-state index in [0.717, 1.165) is 12.0 Å². The van der Waals surface area contributed by atoms with Crippen LogP contribution in [-0.4, -0.2) is 29.9 Å². The van der Waals surface area contributed by atoms with Crippen LogP contribution in [0.25, 0.3) is 0 Å². The fourth-order valence-corrected chi connectivity index (χ4v) is 3.18. The van der Waals surface area contributed by atoms with Gasteiger partial charge in [0.25, 0.3) is 5.91 Å². The van der Waals surface area contributed by atoms with E-state index in [4.69, 9.17) is 27.9 Å². The van der Waals surface area contributed by atoms with Crippen LogP contribution < -0.4 is 4.74 Å². The number of rotatable bonds is 7. The van der Waals surface area contributed by atoms with Gasteiger partial charge in [0.2, 0.25) is 0 Å². The first-order valence-corrected chi connectivity index (χ1v) is 9.64. The number of hydrogen-bond donors (Lipinski definition) is 0. The standard InChI is InChI=1S/C21H23Cl2NO3/c1-4-15(17-8-11-19(22)20(23)12-17)13-24(5-2)21(26)16-6-9-18(10-7-16)27-14(3)25/h6-12,15H,4-5,13H2,1-3H3. The molecule has 0 saturated heterocycles. The molecule has 0 aliphatic heterocycles. The lowest BCUT2D eigenvalue weighted by molar-refractivity contribution is -0.131. The molecule has 0 heterocycles. The number of amides is 1. The van der Waals surface area contributed by atoms with E-state index in [1.165, 1.54) is 6.92 Å². The zero-order valence-corrected chi connectivity index (χ0v) is 17.2. The summed E-state index contributed by atoms with van der Waals surface area (Å²) in [5, 5.41) is 1.04. The number of esters is 1. The van der Waals surface area contributed by atoms with Gasteiger partial charge < -0.3 is 9.64 Å². The highest BCUT2D eigenvalue weighted by Crippen LogP contribution is 2.29. The van der Waals surface area contributed by atoms with Crippen molar-refractivity contribution < 1.29 is 14.3 Å². The smallest absolute Gasteiger partial charge is 0.308 e. The van der Waals surface area contributed by atoms with Crippen molar-refractivity contribution in [3.63, 3.8) is 0 Å². The van der Waals surface area contributed by atoms with E-state index in [0.29, 0.717) is 34.4 Å². The minimum Gasteiger partial charge on any atom is -0.427 e. The maximum atomic E-state index is 12.9. The monoisotopic (exact) mass is 407 g/mol. The third-order valence-electron chi connectivity index (χ3n) is 4.38. The number of carbonyl (C=O) groups excluding carboxylic acids is 2. The number of nitrogens with zero attached hydrogens (tertiary/aromatic N) is 1. The quantitative estimate of drug-likeness (QED) is 0.444. The average Bonchev–Trinajstić information content (AvgIpc) is 2.65. The van der Waals surface area contributed by atoms with Crippen LogP contribution in [0.15, 0.2) is 42.5 Å². The van der Waals surface area contributed by atoms with E-state index in [-0.39, 0.29) is 11.8 Å². The molecule has 1 atom stereocenters. The van der Waals surface area contributed by atoms with Crippen LogP contribution in [0.3, 0.4) is 0 Å². The molecule has 0 aromatic heterocycles. The van der Waals surface area contributed by atoms with E-state index < -0.39 is 5.97 Å². The van der Waals surface area contributed by atoms with Gasteiger partial charge in [0, 0.05) is 31.5 Å². The zero-order valence-electron chi connectivity index (χ0n) is 15.7. The van der Waals surface area contributed by atoms with E-state index in [2.05, 4.69) is 6.92 Å². The van der Waals surface area contributed by atoms with Crippen molar-refractivity contribution in [1.29, 1.82) is 0 Å². The van der Waals surface area contributed by atoms with Crippen LogP contribution in [-0.2, 0) is 4.79 Å². The molecule has 0 radical (unpaired) electrons. The van der Waals surface area contributed by atoms with Crippen LogP contribution in [0.1, 0.15) is 49.0 Å². The SMILES string of the molecule is CCC(CN(CC)C(=O)c1ccc(OC(C)=O)cc1)c1ccc(Cl)c(Cl)c1. The Hall–Kier alpha value is -2.04. The molecule has 4 nitrogen and oxygen atoms in total. The Bertz CT molecular complexity index is 806. The second-order valence-electron chi connectivity index (χ2n) is 6.24. The lowest BCUT2D eigenvalue weighted by Crippen LogP contribution is -2.34. The van der Waals surface area contributed by atoms with Gasteiger partial charge in [-0.25, -0.2) is 0 Å². The van der Waals surface area contributed by atoms with E-state index in [9.17, 15) is 9.59 Å². The first kappa shape index (κ1) is 21.3. The van der Waals surface area contributed by atoms with Gasteiger partial charge in [-0.05, 0) is 55.3 Å². The first-order chi connectivity index (χ1) is 12.8. The molecule has 2 aromatic rings. The van der Waals surface area contributed by atoms with Gasteiger partial charge in [-0.15, -0.1) is 0 Å². The molecule has 0 fully saturated rings. The first-order valence-electron chi connectivity index (χ1n) is 8.88. The topological polar surface area (TPSA) is 46.6 Å². The van der Waals surface area contributed by atoms with Gasteiger partial charge in [0.05, 0.1) is 10.0 Å². The van der Waals surface area contributed by atoms with Gasteiger partial charge in [-0.1, -0.05) is 36.2 Å². The summed E-state index contributed by atoms with van der Waals surface area (Å²) in [4.78, 5) is 25.7. The number of carbonyl (C=O) groups is 2. The summed E-state index contributed by atoms with van der Waals surface area (Å²) in [5.74, 6) is 0.121. The van der Waals surface area contributed by atoms with Gasteiger partial charge in [0.1, 0.15) is 5.75 Å². The van der Waals surface area contributed by atoms with Crippen molar-refractivity contribution in [2.24, 2.45) is 0 Å². The lowest BCUT2D eigenvalue weighted by atomic mass is 9.95. The fourth-order valence-electron chi connectivity index (χ4n) is 2.87. The highest BCUT2D eigenvalue weighted by atomic mass is 35.5. The number of hydrogen-bond acceptors (Lipinski definition) is 3. The molecule has 1 amide bonds. The van der Waals surface area contributed by atoms with E-state index >= 15 is 0 Å². The summed E-state index contributed by atoms with van der Waals surface area (Å²) in [6, 6.07) is 12.2. The van der Waals surface area contributed by atoms with Crippen LogP contribution in [0.2, 0.25) is 10.0 Å². The van der Waals surface area contributed by atoms with Crippen LogP contribution in [0.4, 0.5) is 0 Å². The third-order valence-corrected chi connectivity index (χ3v) is 5.12. The highest BCUT2D eigenvalue weighted by molar-refractivity contribution is 6.42. The molecule has 6 heteroatoms. The summed E-state index contributed by atoms with van der Waals surface area (Å²) in [5.41, 5.74) is 1.61. The van der Waals surface area contributed by atoms with Gasteiger partial charge in [-0.3, -0.25) is 9.59 Å². The van der Waals surface area contributed by atoms with Crippen molar-refractivity contribution in [2.45, 2.75) is 33.1 Å². The molecule has 0 saturated carbocycles. The largest absolute Gasteiger partial charge is 0.427 e. The Kier molecular flexibility index (Phi) is 7.69. The maximum absolute atomic E-state index is 12.9. The minimum atomic E-state index is -0.392. The summed E-state index contributed by atoms with van der Waals surface area (Å²) >= 11 is 12.2. The molecule has 144 valence electrons. The minimum absolute atomic E-state index is 0.0645. The summed E-state index contributed by atoms with van der Waals surface area (Å²) in [6.07, 6.45) is 0.868. The van der Waals surface area contributed by atoms with Crippen LogP contribution in [0, 0.1) is 0 Å². The number of halogens is 2. The highest BCUT2D eigenvalue weighted by Gasteiger charge is 2.20. The Morgan fingerprint density at radius 3 is 2.22 bits per heavy atom. The van der Waals surface area contributed by atoms with Crippen molar-refractivity contribution in [3.8, 4) is 5.75 Å². The van der Waals surface area contributed by atoms with Gasteiger partial charge in [0.15, 0.2) is 0 Å². The van der Waals surface area contributed by atoms with Crippen LogP contribution in [0.5, 0.6) is 5.75 Å². The maximum Gasteiger partial charge on any atom is 0.308 e. The number of ether oxygens (including phenoxy) is 1. The summed E-state index contributed by atoms with van der Waals surface area (Å²) in [7, 11) is 0. The lowest BCUT2D eigenvalue weighted by Gasteiger charge is -2.27. The summed E-state index contributed by atoms with van der Waals surface area (Å²) < 4.78 is 5.01. The Morgan fingerprint density at radius 2 is 1.70 bits per heavy atom. The second kappa shape index (κ2) is 9.77. The Morgan fingerprint density at radius 1 is 1.04 bits per heavy atom. The fraction of sp³-hybridized carbons (Fsp3) is 0.333. The van der Waals surface area contributed by atoms with Crippen molar-refractivity contribution >= 4 is 35.1 Å². The average molecular weight is 408 g/mol. The van der Waals surface area contributed by atoms with E-state index in [1.807, 2.05) is 19.1 Å². The number of likely N-dealkylation sites (N-methyl/N-ethyl adjacent to an activating group) is 1.